The van der Waals surface area contributed by atoms with Gasteiger partial charge in [0.2, 0.25) is 0 Å². The van der Waals surface area contributed by atoms with Crippen LogP contribution in [0, 0.1) is 11.3 Å². The van der Waals surface area contributed by atoms with Gasteiger partial charge in [-0.3, -0.25) is 4.98 Å². The number of hydrogen-bond donors (Lipinski definition) is 1. The minimum atomic E-state index is 0.243. The molecule has 0 aliphatic carbocycles. The zero-order valence-electron chi connectivity index (χ0n) is 9.32. The summed E-state index contributed by atoms with van der Waals surface area (Å²) in [5.41, 5.74) is 8.50. The Balaban J connectivity index is 2.58. The number of benzene rings is 1. The number of nitrogens with two attached hydrogens (primary N) is 1. The van der Waals surface area contributed by atoms with E-state index in [1.54, 1.807) is 30.5 Å². The van der Waals surface area contributed by atoms with Crippen LogP contribution in [-0.2, 0) is 6.42 Å². The van der Waals surface area contributed by atoms with E-state index in [4.69, 9.17) is 34.2 Å². The number of nitrogens with zero attached hydrogens (tertiary/aromatic N) is 2. The predicted octanol–water partition coefficient (Wildman–Crippen LogP) is 3.70. The lowest BCUT2D eigenvalue weighted by molar-refractivity contribution is 1.22. The molecule has 18 heavy (non-hydrogen) atoms. The minimum Gasteiger partial charge on any atom is -0.397 e. The van der Waals surface area contributed by atoms with Gasteiger partial charge in [-0.15, -0.1) is 0 Å². The van der Waals surface area contributed by atoms with Crippen LogP contribution in [0.1, 0.15) is 5.56 Å². The Labute approximate surface area is 115 Å². The number of halogens is 2. The van der Waals surface area contributed by atoms with Crippen LogP contribution in [0.25, 0.3) is 11.3 Å². The van der Waals surface area contributed by atoms with E-state index in [2.05, 4.69) is 11.1 Å². The molecule has 2 aromatic rings. The smallest absolute Gasteiger partial charge is 0.0949 e. The molecule has 2 rings (SSSR count). The average molecular weight is 278 g/mol. The Kier molecular flexibility index (Phi) is 3.71. The van der Waals surface area contributed by atoms with Gasteiger partial charge in [0.05, 0.1) is 28.9 Å². The van der Waals surface area contributed by atoms with Gasteiger partial charge in [0.25, 0.3) is 0 Å². The van der Waals surface area contributed by atoms with Crippen molar-refractivity contribution < 1.29 is 0 Å². The van der Waals surface area contributed by atoms with Crippen molar-refractivity contribution in [3.05, 3.63) is 46.1 Å². The van der Waals surface area contributed by atoms with Crippen molar-refractivity contribution in [2.75, 3.05) is 5.73 Å². The maximum atomic E-state index is 8.73. The molecule has 90 valence electrons. The molecule has 1 aromatic carbocycles. The molecule has 0 radical (unpaired) electrons. The molecule has 5 heteroatoms. The molecular formula is C13H9Cl2N3. The predicted molar refractivity (Wildman–Crippen MR) is 73.4 cm³/mol. The van der Waals surface area contributed by atoms with Crippen molar-refractivity contribution in [2.45, 2.75) is 6.42 Å². The third-order valence-corrected chi connectivity index (χ3v) is 3.08. The normalized spacial score (nSPS) is 10.1. The van der Waals surface area contributed by atoms with E-state index in [1.165, 1.54) is 0 Å². The molecule has 0 spiro atoms. The third-order valence-electron chi connectivity index (χ3n) is 2.54. The lowest BCUT2D eigenvalue weighted by Gasteiger charge is -2.09. The van der Waals surface area contributed by atoms with E-state index in [1.807, 2.05) is 0 Å². The highest BCUT2D eigenvalue weighted by Gasteiger charge is 2.11. The second-order valence-electron chi connectivity index (χ2n) is 3.69. The number of rotatable bonds is 2. The zero-order valence-corrected chi connectivity index (χ0v) is 10.8. The first-order chi connectivity index (χ1) is 8.63. The van der Waals surface area contributed by atoms with Crippen LogP contribution in [0.5, 0.6) is 0 Å². The van der Waals surface area contributed by atoms with Crippen LogP contribution in [-0.4, -0.2) is 4.98 Å². The van der Waals surface area contributed by atoms with E-state index in [0.29, 0.717) is 27.0 Å². The van der Waals surface area contributed by atoms with Crippen LogP contribution < -0.4 is 5.73 Å². The van der Waals surface area contributed by atoms with Crippen LogP contribution in [0.2, 0.25) is 10.0 Å². The van der Waals surface area contributed by atoms with Gasteiger partial charge in [0.15, 0.2) is 0 Å². The minimum absolute atomic E-state index is 0.243. The van der Waals surface area contributed by atoms with Gasteiger partial charge in [-0.05, 0) is 29.8 Å². The highest BCUT2D eigenvalue weighted by Crippen LogP contribution is 2.33. The fraction of sp³-hybridized carbons (Fsp3) is 0.0769. The average Bonchev–Trinajstić information content (AvgIpc) is 2.33. The molecule has 0 aliphatic heterocycles. The van der Waals surface area contributed by atoms with Crippen LogP contribution >= 0.6 is 23.2 Å². The molecule has 0 atom stereocenters. The second kappa shape index (κ2) is 5.26. The summed E-state index contributed by atoms with van der Waals surface area (Å²) in [4.78, 5) is 4.22. The first kappa shape index (κ1) is 12.7. The number of nitrogen functional groups attached to an aromatic ring is 1. The Morgan fingerprint density at radius 2 is 2.06 bits per heavy atom. The van der Waals surface area contributed by atoms with Gasteiger partial charge in [0.1, 0.15) is 0 Å². The maximum Gasteiger partial charge on any atom is 0.0949 e. The van der Waals surface area contributed by atoms with Crippen molar-refractivity contribution in [3.8, 4) is 17.3 Å². The molecule has 0 bridgehead atoms. The molecule has 0 unspecified atom stereocenters. The van der Waals surface area contributed by atoms with Gasteiger partial charge < -0.3 is 5.73 Å². The molecule has 1 aromatic heterocycles. The molecule has 2 N–H and O–H groups in total. The van der Waals surface area contributed by atoms with Gasteiger partial charge in [-0.1, -0.05) is 23.2 Å². The van der Waals surface area contributed by atoms with Crippen molar-refractivity contribution in [3.63, 3.8) is 0 Å². The van der Waals surface area contributed by atoms with Crippen molar-refractivity contribution >= 4 is 28.9 Å². The first-order valence-electron chi connectivity index (χ1n) is 5.19. The lowest BCUT2D eigenvalue weighted by atomic mass is 10.0. The number of anilines is 1. The molecular weight excluding hydrogens is 269 g/mol. The van der Waals surface area contributed by atoms with E-state index in [9.17, 15) is 0 Å². The van der Waals surface area contributed by atoms with Crippen LogP contribution in [0.15, 0.2) is 30.5 Å². The fourth-order valence-corrected chi connectivity index (χ4v) is 2.15. The second-order valence-corrected chi connectivity index (χ2v) is 4.54. The fourth-order valence-electron chi connectivity index (χ4n) is 1.65. The van der Waals surface area contributed by atoms with Crippen LogP contribution in [0.4, 0.5) is 5.69 Å². The Morgan fingerprint density at radius 3 is 2.72 bits per heavy atom. The summed E-state index contributed by atoms with van der Waals surface area (Å²) in [5.74, 6) is 0. The Bertz CT molecular complexity index is 633. The third kappa shape index (κ3) is 2.40. The summed E-state index contributed by atoms with van der Waals surface area (Å²) in [6.07, 6.45) is 1.86. The quantitative estimate of drug-likeness (QED) is 0.910. The topological polar surface area (TPSA) is 62.7 Å². The number of hydrogen-bond acceptors (Lipinski definition) is 3. The molecule has 0 amide bonds. The molecule has 0 saturated heterocycles. The summed E-state index contributed by atoms with van der Waals surface area (Å²) in [7, 11) is 0. The Hall–Kier alpha value is -1.76. The summed E-state index contributed by atoms with van der Waals surface area (Å²) in [5, 5.41) is 9.76. The summed E-state index contributed by atoms with van der Waals surface area (Å²) >= 11 is 12.0. The summed E-state index contributed by atoms with van der Waals surface area (Å²) in [6.45, 7) is 0. The highest BCUT2D eigenvalue weighted by molar-refractivity contribution is 6.36. The van der Waals surface area contributed by atoms with Gasteiger partial charge in [-0.25, -0.2) is 0 Å². The Morgan fingerprint density at radius 1 is 1.28 bits per heavy atom. The van der Waals surface area contributed by atoms with E-state index in [-0.39, 0.29) is 6.42 Å². The van der Waals surface area contributed by atoms with Crippen molar-refractivity contribution in [1.29, 1.82) is 5.26 Å². The van der Waals surface area contributed by atoms with Gasteiger partial charge in [0, 0.05) is 16.8 Å². The largest absolute Gasteiger partial charge is 0.397 e. The molecule has 3 nitrogen and oxygen atoms in total. The summed E-state index contributed by atoms with van der Waals surface area (Å²) in [6, 6.07) is 8.92. The molecule has 0 saturated carbocycles. The molecule has 0 fully saturated rings. The monoisotopic (exact) mass is 277 g/mol. The highest BCUT2D eigenvalue weighted by atomic mass is 35.5. The van der Waals surface area contributed by atoms with Gasteiger partial charge >= 0.3 is 0 Å². The molecule has 0 aliphatic rings. The van der Waals surface area contributed by atoms with Crippen molar-refractivity contribution in [2.24, 2.45) is 0 Å². The summed E-state index contributed by atoms with van der Waals surface area (Å²) < 4.78 is 0. The van der Waals surface area contributed by atoms with E-state index < -0.39 is 0 Å². The SMILES string of the molecule is N#CCc1ccnc(-c2ccc(Cl)cc2Cl)c1N. The van der Waals surface area contributed by atoms with E-state index in [0.717, 1.165) is 5.56 Å². The lowest BCUT2D eigenvalue weighted by Crippen LogP contribution is -1.99. The van der Waals surface area contributed by atoms with Crippen molar-refractivity contribution in [1.82, 2.24) is 4.98 Å². The standard InChI is InChI=1S/C13H9Cl2N3/c14-9-1-2-10(11(15)7-9)13-12(17)8(3-5-16)4-6-18-13/h1-2,4,6-7H,3,17H2. The maximum absolute atomic E-state index is 8.73. The van der Waals surface area contributed by atoms with Crippen LogP contribution in [0.3, 0.4) is 0 Å². The van der Waals surface area contributed by atoms with E-state index >= 15 is 0 Å². The molecule has 1 heterocycles. The number of nitriles is 1. The van der Waals surface area contributed by atoms with Gasteiger partial charge in [-0.2, -0.15) is 5.26 Å². The number of aromatic nitrogens is 1. The first-order valence-corrected chi connectivity index (χ1v) is 5.95. The number of pyridine rings is 1. The zero-order chi connectivity index (χ0) is 13.1.